The van der Waals surface area contributed by atoms with E-state index in [2.05, 4.69) is 44.5 Å². The predicted octanol–water partition coefficient (Wildman–Crippen LogP) is 2.82. The van der Waals surface area contributed by atoms with Crippen LogP contribution in [0.3, 0.4) is 0 Å². The monoisotopic (exact) mass is 407 g/mol. The van der Waals surface area contributed by atoms with Crippen LogP contribution in [0.1, 0.15) is 23.6 Å². The predicted molar refractivity (Wildman–Crippen MR) is 111 cm³/mol. The first-order valence-corrected chi connectivity index (χ1v) is 10.2. The minimum absolute atomic E-state index is 0.117. The number of hydrogen-bond donors (Lipinski definition) is 0. The Morgan fingerprint density at radius 1 is 1.13 bits per heavy atom. The van der Waals surface area contributed by atoms with Crippen molar-refractivity contribution < 1.29 is 13.7 Å². The Balaban J connectivity index is 1.19. The summed E-state index contributed by atoms with van der Waals surface area (Å²) in [7, 11) is 0. The van der Waals surface area contributed by atoms with Gasteiger partial charge in [-0.05, 0) is 12.5 Å². The van der Waals surface area contributed by atoms with Crippen LogP contribution in [0, 0.1) is 6.92 Å². The number of amides is 1. The summed E-state index contributed by atoms with van der Waals surface area (Å²) in [5.74, 6) is 1.54. The maximum Gasteiger partial charge on any atom is 0.269 e. The number of nitrogens with zero attached hydrogens (tertiary/aromatic N) is 5. The van der Waals surface area contributed by atoms with Gasteiger partial charge in [0.05, 0.1) is 0 Å². The van der Waals surface area contributed by atoms with Crippen LogP contribution < -0.4 is 0 Å². The number of aryl methyl sites for hydroxylation is 2. The van der Waals surface area contributed by atoms with Crippen LogP contribution in [-0.2, 0) is 11.2 Å². The summed E-state index contributed by atoms with van der Waals surface area (Å²) in [5.41, 5.74) is 1.71. The van der Waals surface area contributed by atoms with Crippen LogP contribution in [0.4, 0.5) is 0 Å². The summed E-state index contributed by atoms with van der Waals surface area (Å²) in [6.45, 7) is 5.92. The lowest BCUT2D eigenvalue weighted by molar-refractivity contribution is -0.132. The van der Waals surface area contributed by atoms with Crippen LogP contribution in [0.2, 0.25) is 0 Å². The lowest BCUT2D eigenvalue weighted by atomic mass is 10.2. The van der Waals surface area contributed by atoms with Crippen molar-refractivity contribution in [3.05, 3.63) is 59.7 Å². The Hall–Kier alpha value is -3.26. The highest BCUT2D eigenvalue weighted by Gasteiger charge is 2.21. The van der Waals surface area contributed by atoms with Gasteiger partial charge in [0, 0.05) is 51.6 Å². The summed E-state index contributed by atoms with van der Waals surface area (Å²) >= 11 is 0. The van der Waals surface area contributed by atoms with E-state index in [0.29, 0.717) is 36.1 Å². The molecule has 1 saturated heterocycles. The molecule has 0 N–H and O–H groups in total. The van der Waals surface area contributed by atoms with Gasteiger partial charge in [0.2, 0.25) is 11.8 Å². The maximum atomic E-state index is 12.5. The summed E-state index contributed by atoms with van der Waals surface area (Å²) < 4.78 is 10.6. The minimum Gasteiger partial charge on any atom is -0.419 e. The molecule has 0 unspecified atom stereocenters. The van der Waals surface area contributed by atoms with Gasteiger partial charge in [0.15, 0.2) is 5.69 Å². The molecule has 0 saturated carbocycles. The Kier molecular flexibility index (Phi) is 6.34. The highest BCUT2D eigenvalue weighted by atomic mass is 16.5. The molecule has 0 radical (unpaired) electrons. The number of benzene rings is 1. The number of rotatable bonds is 7. The third kappa shape index (κ3) is 5.21. The van der Waals surface area contributed by atoms with Crippen LogP contribution in [-0.4, -0.2) is 63.8 Å². The zero-order valence-corrected chi connectivity index (χ0v) is 17.0. The Labute approximate surface area is 175 Å². The Bertz CT molecular complexity index is 987. The molecular weight excluding hydrogens is 382 g/mol. The van der Waals surface area contributed by atoms with Crippen LogP contribution in [0.25, 0.3) is 17.7 Å². The molecule has 8 nitrogen and oxygen atoms in total. The highest BCUT2D eigenvalue weighted by molar-refractivity contribution is 5.76. The first-order chi connectivity index (χ1) is 14.7. The second-order valence-electron chi connectivity index (χ2n) is 7.32. The number of piperazine rings is 1. The molecule has 156 valence electrons. The highest BCUT2D eigenvalue weighted by Crippen LogP contribution is 2.18. The van der Waals surface area contributed by atoms with E-state index in [4.69, 9.17) is 8.94 Å². The number of carbonyl (C=O) groups excluding carboxylic acids is 1. The van der Waals surface area contributed by atoms with E-state index in [1.165, 1.54) is 5.56 Å². The van der Waals surface area contributed by atoms with Crippen molar-refractivity contribution in [2.45, 2.75) is 19.8 Å². The average molecular weight is 407 g/mol. The van der Waals surface area contributed by atoms with E-state index < -0.39 is 0 Å². The standard InChI is InChI=1S/C22H25N5O3/c1-17-16-19(25-30-17)22-24-23-20(29-22)9-10-21(28)27-14-12-26(13-15-27)11-5-8-18-6-3-2-4-7-18/h2-8,16H,9-15H2,1H3. The second kappa shape index (κ2) is 9.49. The summed E-state index contributed by atoms with van der Waals surface area (Å²) in [5, 5.41) is 11.8. The van der Waals surface area contributed by atoms with Gasteiger partial charge in [-0.3, -0.25) is 9.69 Å². The van der Waals surface area contributed by atoms with Gasteiger partial charge in [-0.2, -0.15) is 0 Å². The zero-order chi connectivity index (χ0) is 20.8. The van der Waals surface area contributed by atoms with Crippen LogP contribution in [0.15, 0.2) is 51.4 Å². The van der Waals surface area contributed by atoms with E-state index in [0.717, 1.165) is 32.7 Å². The van der Waals surface area contributed by atoms with Crippen molar-refractivity contribution in [1.82, 2.24) is 25.2 Å². The van der Waals surface area contributed by atoms with Gasteiger partial charge >= 0.3 is 0 Å². The molecule has 2 aromatic heterocycles. The fourth-order valence-corrected chi connectivity index (χ4v) is 3.38. The molecule has 0 bridgehead atoms. The van der Waals surface area contributed by atoms with E-state index in [9.17, 15) is 4.79 Å². The molecule has 1 aromatic carbocycles. The minimum atomic E-state index is 0.117. The molecular formula is C22H25N5O3. The molecule has 3 heterocycles. The molecule has 0 spiro atoms. The quantitative estimate of drug-likeness (QED) is 0.595. The number of aromatic nitrogens is 3. The van der Waals surface area contributed by atoms with E-state index in [1.54, 1.807) is 13.0 Å². The van der Waals surface area contributed by atoms with Gasteiger partial charge in [0.25, 0.3) is 5.89 Å². The molecule has 1 aliphatic rings. The summed E-state index contributed by atoms with van der Waals surface area (Å²) in [4.78, 5) is 16.8. The molecule has 30 heavy (non-hydrogen) atoms. The third-order valence-electron chi connectivity index (χ3n) is 5.07. The largest absolute Gasteiger partial charge is 0.419 e. The number of hydrogen-bond acceptors (Lipinski definition) is 7. The van der Waals surface area contributed by atoms with Crippen LogP contribution in [0.5, 0.6) is 0 Å². The van der Waals surface area contributed by atoms with Crippen LogP contribution >= 0.6 is 0 Å². The Morgan fingerprint density at radius 3 is 2.67 bits per heavy atom. The van der Waals surface area contributed by atoms with Crippen molar-refractivity contribution >= 4 is 12.0 Å². The lowest BCUT2D eigenvalue weighted by Gasteiger charge is -2.34. The summed E-state index contributed by atoms with van der Waals surface area (Å²) in [6, 6.07) is 12.0. The average Bonchev–Trinajstić information content (AvgIpc) is 3.42. The van der Waals surface area contributed by atoms with Gasteiger partial charge in [-0.25, -0.2) is 0 Å². The molecule has 1 aliphatic heterocycles. The number of carbonyl (C=O) groups is 1. The first-order valence-electron chi connectivity index (χ1n) is 10.2. The maximum absolute atomic E-state index is 12.5. The van der Waals surface area contributed by atoms with Gasteiger partial charge < -0.3 is 13.8 Å². The lowest BCUT2D eigenvalue weighted by Crippen LogP contribution is -2.48. The fourth-order valence-electron chi connectivity index (χ4n) is 3.38. The van der Waals surface area contributed by atoms with E-state index in [1.807, 2.05) is 23.1 Å². The van der Waals surface area contributed by atoms with E-state index >= 15 is 0 Å². The fraction of sp³-hybridized carbons (Fsp3) is 0.364. The topological polar surface area (TPSA) is 88.5 Å². The van der Waals surface area contributed by atoms with Gasteiger partial charge in [0.1, 0.15) is 5.76 Å². The van der Waals surface area contributed by atoms with Crippen molar-refractivity contribution in [3.8, 4) is 11.6 Å². The molecule has 4 rings (SSSR count). The van der Waals surface area contributed by atoms with Crippen molar-refractivity contribution in [3.63, 3.8) is 0 Å². The molecule has 0 atom stereocenters. The normalized spacial score (nSPS) is 15.2. The van der Waals surface area contributed by atoms with Crippen molar-refractivity contribution in [1.29, 1.82) is 0 Å². The molecule has 1 amide bonds. The van der Waals surface area contributed by atoms with Crippen molar-refractivity contribution in [2.75, 3.05) is 32.7 Å². The van der Waals surface area contributed by atoms with E-state index in [-0.39, 0.29) is 5.91 Å². The third-order valence-corrected chi connectivity index (χ3v) is 5.07. The SMILES string of the molecule is Cc1cc(-c2nnc(CCC(=O)N3CCN(CC=Cc4ccccc4)CC3)o2)no1. The smallest absolute Gasteiger partial charge is 0.269 e. The molecule has 1 fully saturated rings. The molecule has 8 heteroatoms. The zero-order valence-electron chi connectivity index (χ0n) is 17.0. The van der Waals surface area contributed by atoms with Gasteiger partial charge in [-0.1, -0.05) is 47.6 Å². The Morgan fingerprint density at radius 2 is 1.93 bits per heavy atom. The first kappa shape index (κ1) is 20.0. The van der Waals surface area contributed by atoms with Gasteiger partial charge in [-0.15, -0.1) is 10.2 Å². The second-order valence-corrected chi connectivity index (χ2v) is 7.32. The molecule has 0 aliphatic carbocycles. The van der Waals surface area contributed by atoms with Crippen molar-refractivity contribution in [2.24, 2.45) is 0 Å². The molecule has 3 aromatic rings. The summed E-state index contributed by atoms with van der Waals surface area (Å²) in [6.07, 6.45) is 5.09.